The maximum atomic E-state index is 12.1. The predicted molar refractivity (Wildman–Crippen MR) is 115 cm³/mol. The number of hydrogen-bond donors (Lipinski definition) is 3. The summed E-state index contributed by atoms with van der Waals surface area (Å²) in [4.78, 5) is 35.1. The number of nitrogens with zero attached hydrogens (tertiary/aromatic N) is 2. The Labute approximate surface area is 179 Å². The molecule has 0 fully saturated rings. The van der Waals surface area contributed by atoms with Gasteiger partial charge in [0.2, 0.25) is 0 Å². The Hall–Kier alpha value is -4.14. The van der Waals surface area contributed by atoms with Crippen LogP contribution in [0.5, 0.6) is 0 Å². The minimum absolute atomic E-state index is 0.207. The summed E-state index contributed by atoms with van der Waals surface area (Å²) in [6.45, 7) is 0.215. The largest absolute Gasteiger partial charge is 0.468 e. The summed E-state index contributed by atoms with van der Waals surface area (Å²) in [7, 11) is 1.25. The molecule has 0 saturated heterocycles. The van der Waals surface area contributed by atoms with Gasteiger partial charge in [-0.3, -0.25) is 9.59 Å². The molecule has 1 heterocycles. The van der Waals surface area contributed by atoms with Crippen molar-refractivity contribution in [1.82, 2.24) is 20.4 Å². The number of carbonyl (C=O) groups excluding carboxylic acids is 3. The Kier molecular flexibility index (Phi) is 7.36. The van der Waals surface area contributed by atoms with Crippen molar-refractivity contribution < 1.29 is 19.1 Å². The normalized spacial score (nSPS) is 10.2. The number of ether oxygens (including phenoxy) is 1. The van der Waals surface area contributed by atoms with E-state index < -0.39 is 11.9 Å². The van der Waals surface area contributed by atoms with Gasteiger partial charge < -0.3 is 20.7 Å². The molecular formula is C22H23N5O4. The van der Waals surface area contributed by atoms with Gasteiger partial charge in [-0.25, -0.2) is 9.48 Å². The third-order valence-electron chi connectivity index (χ3n) is 4.36. The fourth-order valence-electron chi connectivity index (χ4n) is 2.73. The number of urea groups is 1. The van der Waals surface area contributed by atoms with Crippen LogP contribution < -0.4 is 16.0 Å². The maximum absolute atomic E-state index is 12.1. The zero-order valence-corrected chi connectivity index (χ0v) is 17.0. The molecule has 160 valence electrons. The number of carbonyl (C=O) groups is 3. The van der Waals surface area contributed by atoms with E-state index >= 15 is 0 Å². The van der Waals surface area contributed by atoms with Crippen LogP contribution in [-0.4, -0.2) is 47.9 Å². The third-order valence-corrected chi connectivity index (χ3v) is 4.36. The molecule has 0 atom stereocenters. The number of methoxy groups -OCH3 is 1. The van der Waals surface area contributed by atoms with Crippen molar-refractivity contribution in [2.75, 3.05) is 25.5 Å². The second kappa shape index (κ2) is 10.6. The molecule has 9 nitrogen and oxygen atoms in total. The summed E-state index contributed by atoms with van der Waals surface area (Å²) in [5.74, 6) is -0.938. The topological polar surface area (TPSA) is 114 Å². The first-order valence-corrected chi connectivity index (χ1v) is 9.65. The van der Waals surface area contributed by atoms with Crippen LogP contribution in [0.15, 0.2) is 66.9 Å². The van der Waals surface area contributed by atoms with Crippen molar-refractivity contribution in [2.24, 2.45) is 0 Å². The molecule has 3 amide bonds. The van der Waals surface area contributed by atoms with E-state index in [1.807, 2.05) is 42.6 Å². The smallest absolute Gasteiger partial charge is 0.325 e. The van der Waals surface area contributed by atoms with Gasteiger partial charge in [0.15, 0.2) is 0 Å². The number of hydrogen-bond acceptors (Lipinski definition) is 5. The molecule has 0 bridgehead atoms. The van der Waals surface area contributed by atoms with Crippen molar-refractivity contribution in [3.05, 3.63) is 78.1 Å². The van der Waals surface area contributed by atoms with E-state index in [4.69, 9.17) is 0 Å². The average Bonchev–Trinajstić information content (AvgIpc) is 3.27. The van der Waals surface area contributed by atoms with Gasteiger partial charge in [0.25, 0.3) is 5.91 Å². The molecule has 9 heteroatoms. The van der Waals surface area contributed by atoms with Crippen molar-refractivity contribution in [2.45, 2.75) is 6.42 Å². The molecule has 0 unspecified atom stereocenters. The van der Waals surface area contributed by atoms with Gasteiger partial charge in [-0.15, -0.1) is 0 Å². The zero-order valence-electron chi connectivity index (χ0n) is 17.0. The fourth-order valence-corrected chi connectivity index (χ4v) is 2.73. The highest BCUT2D eigenvalue weighted by Crippen LogP contribution is 2.10. The van der Waals surface area contributed by atoms with E-state index in [0.29, 0.717) is 24.2 Å². The van der Waals surface area contributed by atoms with E-state index in [1.165, 1.54) is 7.11 Å². The lowest BCUT2D eigenvalue weighted by Crippen LogP contribution is -2.31. The van der Waals surface area contributed by atoms with E-state index in [2.05, 4.69) is 25.8 Å². The molecule has 3 rings (SSSR count). The SMILES string of the molecule is COC(=O)CNC(=O)c1ccc(NC(=O)NCCc2ccn(-c3ccccc3)n2)cc1. The first-order valence-electron chi connectivity index (χ1n) is 9.65. The molecule has 0 aliphatic carbocycles. The second-order valence-corrected chi connectivity index (χ2v) is 6.55. The van der Waals surface area contributed by atoms with Gasteiger partial charge >= 0.3 is 12.0 Å². The highest BCUT2D eigenvalue weighted by atomic mass is 16.5. The van der Waals surface area contributed by atoms with Crippen LogP contribution in [0, 0.1) is 0 Å². The van der Waals surface area contributed by atoms with Crippen molar-refractivity contribution in [3.8, 4) is 5.69 Å². The Morgan fingerprint density at radius 3 is 2.42 bits per heavy atom. The summed E-state index contributed by atoms with van der Waals surface area (Å²) in [5.41, 5.74) is 2.74. The molecule has 0 spiro atoms. The monoisotopic (exact) mass is 421 g/mol. The lowest BCUT2D eigenvalue weighted by Gasteiger charge is -2.08. The van der Waals surface area contributed by atoms with Crippen LogP contribution in [0.1, 0.15) is 16.1 Å². The number of esters is 1. The van der Waals surface area contributed by atoms with Crippen molar-refractivity contribution in [1.29, 1.82) is 0 Å². The molecule has 0 radical (unpaired) electrons. The van der Waals surface area contributed by atoms with E-state index in [-0.39, 0.29) is 12.6 Å². The Morgan fingerprint density at radius 1 is 0.968 bits per heavy atom. The molecule has 3 N–H and O–H groups in total. The summed E-state index contributed by atoms with van der Waals surface area (Å²) < 4.78 is 6.26. The summed E-state index contributed by atoms with van der Waals surface area (Å²) >= 11 is 0. The lowest BCUT2D eigenvalue weighted by molar-refractivity contribution is -0.139. The van der Waals surface area contributed by atoms with Gasteiger partial charge in [-0.1, -0.05) is 18.2 Å². The number of nitrogens with one attached hydrogen (secondary N) is 3. The number of aromatic nitrogens is 2. The standard InChI is InChI=1S/C22H23N5O4/c1-31-20(28)15-24-21(29)16-7-9-17(10-8-16)25-22(30)23-13-11-18-12-14-27(26-18)19-5-3-2-4-6-19/h2-10,12,14H,11,13,15H2,1H3,(H,24,29)(H2,23,25,30). The van der Waals surface area contributed by atoms with E-state index in [1.54, 1.807) is 28.9 Å². The quantitative estimate of drug-likeness (QED) is 0.482. The number of anilines is 1. The molecule has 31 heavy (non-hydrogen) atoms. The van der Waals surface area contributed by atoms with Crippen molar-refractivity contribution >= 4 is 23.6 Å². The van der Waals surface area contributed by atoms with Crippen LogP contribution >= 0.6 is 0 Å². The molecule has 0 saturated carbocycles. The summed E-state index contributed by atoms with van der Waals surface area (Å²) in [6, 6.07) is 17.7. The van der Waals surface area contributed by atoms with Gasteiger partial charge in [-0.2, -0.15) is 5.10 Å². The average molecular weight is 421 g/mol. The van der Waals surface area contributed by atoms with Crippen LogP contribution in [0.25, 0.3) is 5.69 Å². The third kappa shape index (κ3) is 6.43. The van der Waals surface area contributed by atoms with Gasteiger partial charge in [0.1, 0.15) is 6.54 Å². The molecule has 0 aliphatic rings. The van der Waals surface area contributed by atoms with Crippen LogP contribution in [-0.2, 0) is 16.0 Å². The first-order chi connectivity index (χ1) is 15.0. The van der Waals surface area contributed by atoms with Crippen molar-refractivity contribution in [3.63, 3.8) is 0 Å². The molecule has 1 aromatic heterocycles. The van der Waals surface area contributed by atoms with Gasteiger partial charge in [-0.05, 0) is 42.5 Å². The fraction of sp³-hybridized carbons (Fsp3) is 0.182. The highest BCUT2D eigenvalue weighted by Gasteiger charge is 2.09. The zero-order chi connectivity index (χ0) is 22.1. The highest BCUT2D eigenvalue weighted by molar-refractivity contribution is 5.96. The number of para-hydroxylation sites is 1. The van der Waals surface area contributed by atoms with E-state index in [9.17, 15) is 14.4 Å². The van der Waals surface area contributed by atoms with E-state index in [0.717, 1.165) is 11.4 Å². The maximum Gasteiger partial charge on any atom is 0.325 e. The van der Waals surface area contributed by atoms with Crippen LogP contribution in [0.2, 0.25) is 0 Å². The number of rotatable bonds is 8. The number of amides is 3. The summed E-state index contributed by atoms with van der Waals surface area (Å²) in [6.07, 6.45) is 2.47. The predicted octanol–water partition coefficient (Wildman–Crippen LogP) is 2.14. The summed E-state index contributed by atoms with van der Waals surface area (Å²) in [5, 5.41) is 12.4. The Bertz CT molecular complexity index is 1030. The second-order valence-electron chi connectivity index (χ2n) is 6.55. The minimum atomic E-state index is -0.532. The number of benzene rings is 2. The van der Waals surface area contributed by atoms with Crippen LogP contribution in [0.4, 0.5) is 10.5 Å². The lowest BCUT2D eigenvalue weighted by atomic mass is 10.2. The van der Waals surface area contributed by atoms with Gasteiger partial charge in [0.05, 0.1) is 18.5 Å². The molecule has 0 aliphatic heterocycles. The minimum Gasteiger partial charge on any atom is -0.468 e. The molecular weight excluding hydrogens is 398 g/mol. The Morgan fingerprint density at radius 2 is 1.71 bits per heavy atom. The Balaban J connectivity index is 1.42. The van der Waals surface area contributed by atoms with Gasteiger partial charge in [0, 0.05) is 30.4 Å². The van der Waals surface area contributed by atoms with Crippen LogP contribution in [0.3, 0.4) is 0 Å². The molecule has 2 aromatic carbocycles. The first kappa shape index (κ1) is 21.6. The molecule has 3 aromatic rings.